The molecule has 1 N–H and O–H groups in total. The Hall–Kier alpha value is -1.44. The summed E-state index contributed by atoms with van der Waals surface area (Å²) in [5.41, 5.74) is 2.14. The van der Waals surface area contributed by atoms with E-state index >= 15 is 0 Å². The van der Waals surface area contributed by atoms with Gasteiger partial charge in [-0.1, -0.05) is 19.9 Å². The molecule has 5 nitrogen and oxygen atoms in total. The van der Waals surface area contributed by atoms with E-state index in [0.29, 0.717) is 18.2 Å². The topological polar surface area (TPSA) is 59.9 Å². The third kappa shape index (κ3) is 3.81. The van der Waals surface area contributed by atoms with Crippen molar-refractivity contribution in [2.24, 2.45) is 0 Å². The lowest BCUT2D eigenvalue weighted by atomic mass is 10.1. The molecule has 0 bridgehead atoms. The Kier molecular flexibility index (Phi) is 5.33. The van der Waals surface area contributed by atoms with Gasteiger partial charge in [0.15, 0.2) is 0 Å². The molecule has 0 aliphatic carbocycles. The second kappa shape index (κ2) is 7.02. The number of rotatable bonds is 5. The molecule has 2 heterocycles. The lowest BCUT2D eigenvalue weighted by Crippen LogP contribution is -2.09. The third-order valence-electron chi connectivity index (χ3n) is 3.08. The van der Waals surface area contributed by atoms with Crippen LogP contribution in [0.15, 0.2) is 18.3 Å². The SMILES string of the molecule is CNc1nc(Cc2ccc(OC)nc2)nc(C(C)C)c1I. The van der Waals surface area contributed by atoms with Crippen molar-refractivity contribution in [3.8, 4) is 5.88 Å². The summed E-state index contributed by atoms with van der Waals surface area (Å²) in [5, 5.41) is 3.14. The number of hydrogen-bond donors (Lipinski definition) is 1. The van der Waals surface area contributed by atoms with E-state index in [1.165, 1.54) is 0 Å². The summed E-state index contributed by atoms with van der Waals surface area (Å²) < 4.78 is 6.15. The molecule has 0 fully saturated rings. The van der Waals surface area contributed by atoms with Crippen molar-refractivity contribution in [2.45, 2.75) is 26.2 Å². The van der Waals surface area contributed by atoms with E-state index in [2.05, 4.69) is 51.7 Å². The summed E-state index contributed by atoms with van der Waals surface area (Å²) in [6.45, 7) is 4.28. The van der Waals surface area contributed by atoms with E-state index in [0.717, 1.165) is 26.5 Å². The van der Waals surface area contributed by atoms with Gasteiger partial charge in [-0.3, -0.25) is 0 Å². The fourth-order valence-electron chi connectivity index (χ4n) is 1.96. The Bertz CT molecular complexity index is 614. The van der Waals surface area contributed by atoms with Gasteiger partial charge in [-0.05, 0) is 34.1 Å². The Balaban J connectivity index is 2.32. The van der Waals surface area contributed by atoms with E-state index in [1.54, 1.807) is 13.3 Å². The predicted octanol–water partition coefficient (Wildman–Crippen LogP) is 3.24. The van der Waals surface area contributed by atoms with Crippen LogP contribution in [0.25, 0.3) is 0 Å². The minimum Gasteiger partial charge on any atom is -0.481 e. The Morgan fingerprint density at radius 1 is 1.29 bits per heavy atom. The van der Waals surface area contributed by atoms with Crippen LogP contribution in [-0.4, -0.2) is 29.1 Å². The standard InChI is InChI=1S/C15H19IN4O/c1-9(2)14-13(16)15(17-3)20-11(19-14)7-10-5-6-12(21-4)18-8-10/h5-6,8-9H,7H2,1-4H3,(H,17,19,20). The fraction of sp³-hybridized carbons (Fsp3) is 0.400. The van der Waals surface area contributed by atoms with Crippen molar-refractivity contribution in [3.63, 3.8) is 0 Å². The van der Waals surface area contributed by atoms with Gasteiger partial charge in [0.25, 0.3) is 0 Å². The molecule has 0 unspecified atom stereocenters. The summed E-state index contributed by atoms with van der Waals surface area (Å²) in [5.74, 6) is 2.65. The molecule has 2 rings (SSSR count). The lowest BCUT2D eigenvalue weighted by molar-refractivity contribution is 0.397. The van der Waals surface area contributed by atoms with Crippen molar-refractivity contribution < 1.29 is 4.74 Å². The summed E-state index contributed by atoms with van der Waals surface area (Å²) in [4.78, 5) is 13.5. The van der Waals surface area contributed by atoms with Crippen molar-refractivity contribution in [1.82, 2.24) is 15.0 Å². The van der Waals surface area contributed by atoms with Gasteiger partial charge in [0.2, 0.25) is 5.88 Å². The zero-order valence-electron chi connectivity index (χ0n) is 12.6. The molecule has 0 aliphatic rings. The minimum absolute atomic E-state index is 0.361. The van der Waals surface area contributed by atoms with Gasteiger partial charge in [-0.15, -0.1) is 0 Å². The molecule has 0 aromatic carbocycles. The smallest absolute Gasteiger partial charge is 0.212 e. The van der Waals surface area contributed by atoms with Crippen LogP contribution in [0.4, 0.5) is 5.82 Å². The summed E-state index contributed by atoms with van der Waals surface area (Å²) >= 11 is 2.30. The molecule has 0 radical (unpaired) electrons. The molecule has 0 saturated heterocycles. The largest absolute Gasteiger partial charge is 0.481 e. The second-order valence-corrected chi connectivity index (χ2v) is 6.06. The normalized spacial score (nSPS) is 10.8. The lowest BCUT2D eigenvalue weighted by Gasteiger charge is -2.13. The van der Waals surface area contributed by atoms with Gasteiger partial charge in [0.1, 0.15) is 11.6 Å². The van der Waals surface area contributed by atoms with Gasteiger partial charge < -0.3 is 10.1 Å². The van der Waals surface area contributed by atoms with Crippen molar-refractivity contribution in [2.75, 3.05) is 19.5 Å². The highest BCUT2D eigenvalue weighted by Crippen LogP contribution is 2.25. The number of aromatic nitrogens is 3. The molecule has 0 amide bonds. The van der Waals surface area contributed by atoms with Crippen molar-refractivity contribution in [1.29, 1.82) is 0 Å². The summed E-state index contributed by atoms with van der Waals surface area (Å²) in [6.07, 6.45) is 2.45. The summed E-state index contributed by atoms with van der Waals surface area (Å²) in [6, 6.07) is 3.84. The van der Waals surface area contributed by atoms with Crippen LogP contribution in [0.3, 0.4) is 0 Å². The maximum Gasteiger partial charge on any atom is 0.212 e. The van der Waals surface area contributed by atoms with Crippen LogP contribution in [0, 0.1) is 3.57 Å². The molecule has 2 aromatic rings. The van der Waals surface area contributed by atoms with Gasteiger partial charge in [-0.25, -0.2) is 15.0 Å². The van der Waals surface area contributed by atoms with Crippen LogP contribution in [-0.2, 0) is 6.42 Å². The summed E-state index contributed by atoms with van der Waals surface area (Å²) in [7, 11) is 3.49. The first-order chi connectivity index (χ1) is 10.0. The minimum atomic E-state index is 0.361. The maximum atomic E-state index is 5.07. The highest BCUT2D eigenvalue weighted by molar-refractivity contribution is 14.1. The third-order valence-corrected chi connectivity index (χ3v) is 4.14. The van der Waals surface area contributed by atoms with Crippen LogP contribution < -0.4 is 10.1 Å². The van der Waals surface area contributed by atoms with Gasteiger partial charge in [0.05, 0.1) is 16.4 Å². The van der Waals surface area contributed by atoms with Gasteiger partial charge in [0, 0.05) is 25.7 Å². The first-order valence-corrected chi connectivity index (χ1v) is 7.86. The average Bonchev–Trinajstić information content (AvgIpc) is 2.49. The number of nitrogens with zero attached hydrogens (tertiary/aromatic N) is 3. The monoisotopic (exact) mass is 398 g/mol. The second-order valence-electron chi connectivity index (χ2n) is 4.98. The fourth-order valence-corrected chi connectivity index (χ4v) is 3.09. The molecule has 6 heteroatoms. The number of anilines is 1. The molecule has 0 spiro atoms. The van der Waals surface area contributed by atoms with E-state index in [1.807, 2.05) is 19.2 Å². The number of nitrogens with one attached hydrogen (secondary N) is 1. The Labute approximate surface area is 138 Å². The van der Waals surface area contributed by atoms with E-state index in [-0.39, 0.29) is 0 Å². The maximum absolute atomic E-state index is 5.07. The molecule has 21 heavy (non-hydrogen) atoms. The number of halogens is 1. The number of ether oxygens (including phenoxy) is 1. The quantitative estimate of drug-likeness (QED) is 0.784. The van der Waals surface area contributed by atoms with Crippen molar-refractivity contribution in [3.05, 3.63) is 39.0 Å². The Morgan fingerprint density at radius 2 is 2.05 bits per heavy atom. The molecular formula is C15H19IN4O. The predicted molar refractivity (Wildman–Crippen MR) is 92.0 cm³/mol. The van der Waals surface area contributed by atoms with E-state index in [4.69, 9.17) is 9.72 Å². The number of pyridine rings is 1. The average molecular weight is 398 g/mol. The highest BCUT2D eigenvalue weighted by Gasteiger charge is 2.14. The van der Waals surface area contributed by atoms with Crippen molar-refractivity contribution >= 4 is 28.4 Å². The van der Waals surface area contributed by atoms with Gasteiger partial charge >= 0.3 is 0 Å². The van der Waals surface area contributed by atoms with Gasteiger partial charge in [-0.2, -0.15) is 0 Å². The molecule has 0 atom stereocenters. The number of methoxy groups -OCH3 is 1. The molecule has 2 aromatic heterocycles. The zero-order valence-corrected chi connectivity index (χ0v) is 14.8. The van der Waals surface area contributed by atoms with Crippen LogP contribution >= 0.6 is 22.6 Å². The van der Waals surface area contributed by atoms with Crippen LogP contribution in [0.5, 0.6) is 5.88 Å². The Morgan fingerprint density at radius 3 is 2.57 bits per heavy atom. The first-order valence-electron chi connectivity index (χ1n) is 6.78. The van der Waals surface area contributed by atoms with E-state index in [9.17, 15) is 0 Å². The molecule has 112 valence electrons. The molecule has 0 aliphatic heterocycles. The molecular weight excluding hydrogens is 379 g/mol. The first kappa shape index (κ1) is 15.9. The highest BCUT2D eigenvalue weighted by atomic mass is 127. The van der Waals surface area contributed by atoms with Crippen LogP contribution in [0.2, 0.25) is 0 Å². The molecule has 0 saturated carbocycles. The van der Waals surface area contributed by atoms with Crippen LogP contribution in [0.1, 0.15) is 36.8 Å². The van der Waals surface area contributed by atoms with E-state index < -0.39 is 0 Å². The zero-order chi connectivity index (χ0) is 15.4. The number of hydrogen-bond acceptors (Lipinski definition) is 5.